The molecule has 0 fully saturated rings. The van der Waals surface area contributed by atoms with Crippen molar-refractivity contribution in [1.82, 2.24) is 9.38 Å². The van der Waals surface area contributed by atoms with E-state index in [-0.39, 0.29) is 18.5 Å². The van der Waals surface area contributed by atoms with Gasteiger partial charge in [0.05, 0.1) is 11.9 Å². The number of imidazole rings is 1. The summed E-state index contributed by atoms with van der Waals surface area (Å²) in [5, 5.41) is 17.7. The summed E-state index contributed by atoms with van der Waals surface area (Å²) in [6, 6.07) is 3.44. The summed E-state index contributed by atoms with van der Waals surface area (Å²) < 4.78 is 2.20. The van der Waals surface area contributed by atoms with Gasteiger partial charge in [0.2, 0.25) is 0 Å². The number of carboxylic acid groups (broad SMARTS) is 2. The number of hydrogen-bond acceptors (Lipinski definition) is 3. The van der Waals surface area contributed by atoms with Crippen LogP contribution in [0.2, 0.25) is 0 Å². The summed E-state index contributed by atoms with van der Waals surface area (Å²) >= 11 is 3.27. The summed E-state index contributed by atoms with van der Waals surface area (Å²) in [7, 11) is 0. The molecule has 0 atom stereocenters. The predicted octanol–water partition coefficient (Wildman–Crippen LogP) is 1.81. The van der Waals surface area contributed by atoms with E-state index in [2.05, 4.69) is 20.9 Å². The van der Waals surface area contributed by atoms with Crippen LogP contribution in [0.1, 0.15) is 22.7 Å². The fourth-order valence-electron chi connectivity index (χ4n) is 1.70. The second-order valence-electron chi connectivity index (χ2n) is 3.65. The van der Waals surface area contributed by atoms with Gasteiger partial charge in [-0.25, -0.2) is 9.78 Å². The lowest BCUT2D eigenvalue weighted by Gasteiger charge is -2.00. The van der Waals surface area contributed by atoms with Crippen molar-refractivity contribution in [3.05, 3.63) is 34.3 Å². The second-order valence-corrected chi connectivity index (χ2v) is 4.50. The highest BCUT2D eigenvalue weighted by atomic mass is 79.9. The molecule has 2 rings (SSSR count). The molecule has 94 valence electrons. The first-order valence-electron chi connectivity index (χ1n) is 5.11. The third-order valence-electron chi connectivity index (χ3n) is 2.45. The molecule has 0 amide bonds. The Bertz CT molecular complexity index is 635. The number of carboxylic acids is 2. The monoisotopic (exact) mass is 312 g/mol. The van der Waals surface area contributed by atoms with Crippen molar-refractivity contribution in [3.63, 3.8) is 0 Å². The zero-order valence-electron chi connectivity index (χ0n) is 9.13. The van der Waals surface area contributed by atoms with E-state index in [1.54, 1.807) is 22.7 Å². The van der Waals surface area contributed by atoms with Gasteiger partial charge in [-0.3, -0.25) is 4.79 Å². The SMILES string of the molecule is O=C(O)CCc1nc(C(=O)O)c2c(Br)cccn12. The summed E-state index contributed by atoms with van der Waals surface area (Å²) in [6.07, 6.45) is 1.75. The van der Waals surface area contributed by atoms with Gasteiger partial charge >= 0.3 is 11.9 Å². The number of hydrogen-bond donors (Lipinski definition) is 2. The summed E-state index contributed by atoms with van der Waals surface area (Å²) in [6.45, 7) is 0. The molecule has 0 aliphatic rings. The van der Waals surface area contributed by atoms with Crippen LogP contribution in [0, 0.1) is 0 Å². The molecule has 0 saturated carbocycles. The lowest BCUT2D eigenvalue weighted by atomic mass is 10.3. The molecule has 18 heavy (non-hydrogen) atoms. The number of fused-ring (bicyclic) bond motifs is 1. The highest BCUT2D eigenvalue weighted by Gasteiger charge is 2.18. The Balaban J connectivity index is 2.58. The molecule has 0 saturated heterocycles. The molecule has 2 heterocycles. The average molecular weight is 313 g/mol. The molecule has 0 aliphatic carbocycles. The van der Waals surface area contributed by atoms with Crippen LogP contribution in [-0.4, -0.2) is 31.5 Å². The van der Waals surface area contributed by atoms with E-state index in [0.717, 1.165) is 0 Å². The van der Waals surface area contributed by atoms with E-state index in [9.17, 15) is 9.59 Å². The van der Waals surface area contributed by atoms with Gasteiger partial charge in [0.25, 0.3) is 0 Å². The maximum absolute atomic E-state index is 11.1. The number of pyridine rings is 1. The quantitative estimate of drug-likeness (QED) is 0.898. The summed E-state index contributed by atoms with van der Waals surface area (Å²) in [5.41, 5.74) is 0.355. The van der Waals surface area contributed by atoms with E-state index in [4.69, 9.17) is 10.2 Å². The number of aliphatic carboxylic acids is 1. The van der Waals surface area contributed by atoms with Gasteiger partial charge in [-0.15, -0.1) is 0 Å². The molecule has 2 N–H and O–H groups in total. The minimum atomic E-state index is -1.14. The maximum atomic E-state index is 11.1. The van der Waals surface area contributed by atoms with Gasteiger partial charge < -0.3 is 14.6 Å². The number of halogens is 1. The fraction of sp³-hybridized carbons (Fsp3) is 0.182. The van der Waals surface area contributed by atoms with Crippen LogP contribution in [0.4, 0.5) is 0 Å². The molecule has 0 bridgehead atoms. The number of aryl methyl sites for hydroxylation is 1. The highest BCUT2D eigenvalue weighted by Crippen LogP contribution is 2.23. The molecule has 0 spiro atoms. The molecular weight excluding hydrogens is 304 g/mol. The first-order valence-corrected chi connectivity index (χ1v) is 5.90. The van der Waals surface area contributed by atoms with Crippen molar-refractivity contribution in [2.24, 2.45) is 0 Å². The largest absolute Gasteiger partial charge is 0.481 e. The zero-order chi connectivity index (χ0) is 13.3. The Labute approximate surface area is 110 Å². The van der Waals surface area contributed by atoms with Gasteiger partial charge in [-0.05, 0) is 28.1 Å². The van der Waals surface area contributed by atoms with Gasteiger partial charge in [0, 0.05) is 17.1 Å². The number of rotatable bonds is 4. The maximum Gasteiger partial charge on any atom is 0.356 e. The second kappa shape index (κ2) is 4.77. The van der Waals surface area contributed by atoms with Gasteiger partial charge in [0.1, 0.15) is 5.82 Å². The smallest absolute Gasteiger partial charge is 0.356 e. The van der Waals surface area contributed by atoms with Crippen molar-refractivity contribution < 1.29 is 19.8 Å². The molecule has 6 nitrogen and oxygen atoms in total. The van der Waals surface area contributed by atoms with Crippen molar-refractivity contribution in [2.45, 2.75) is 12.8 Å². The molecule has 2 aromatic heterocycles. The number of aromatic carboxylic acids is 1. The predicted molar refractivity (Wildman–Crippen MR) is 65.8 cm³/mol. The van der Waals surface area contributed by atoms with Crippen LogP contribution in [-0.2, 0) is 11.2 Å². The Morgan fingerprint density at radius 3 is 2.72 bits per heavy atom. The van der Waals surface area contributed by atoms with Crippen molar-refractivity contribution >= 4 is 33.4 Å². The Hall–Kier alpha value is -1.89. The first-order chi connectivity index (χ1) is 8.50. The van der Waals surface area contributed by atoms with Crippen LogP contribution < -0.4 is 0 Å². The third-order valence-corrected chi connectivity index (χ3v) is 3.09. The molecule has 2 aromatic rings. The first kappa shape index (κ1) is 12.6. The van der Waals surface area contributed by atoms with Gasteiger partial charge in [0.15, 0.2) is 5.69 Å². The molecule has 0 aromatic carbocycles. The van der Waals surface area contributed by atoms with Crippen LogP contribution >= 0.6 is 15.9 Å². The lowest BCUT2D eigenvalue weighted by molar-refractivity contribution is -0.137. The Morgan fingerprint density at radius 1 is 1.39 bits per heavy atom. The van der Waals surface area contributed by atoms with E-state index in [1.165, 1.54) is 0 Å². The molecule has 0 radical (unpaired) electrons. The Morgan fingerprint density at radius 2 is 2.11 bits per heavy atom. The average Bonchev–Trinajstić information content (AvgIpc) is 2.67. The standard InChI is InChI=1S/C11H9BrN2O4/c12-6-2-1-5-14-7(3-4-8(15)16)13-9(10(6)14)11(17)18/h1-2,5H,3-4H2,(H,15,16)(H,17,18). The van der Waals surface area contributed by atoms with Gasteiger partial charge in [-0.2, -0.15) is 0 Å². The highest BCUT2D eigenvalue weighted by molar-refractivity contribution is 9.10. The molecule has 7 heteroatoms. The van der Waals surface area contributed by atoms with Gasteiger partial charge in [-0.1, -0.05) is 0 Å². The summed E-state index contributed by atoms with van der Waals surface area (Å²) in [4.78, 5) is 25.7. The third kappa shape index (κ3) is 2.21. The topological polar surface area (TPSA) is 91.9 Å². The van der Waals surface area contributed by atoms with E-state index < -0.39 is 11.9 Å². The van der Waals surface area contributed by atoms with Crippen LogP contribution in [0.5, 0.6) is 0 Å². The van der Waals surface area contributed by atoms with Crippen LogP contribution in [0.15, 0.2) is 22.8 Å². The van der Waals surface area contributed by atoms with Crippen molar-refractivity contribution in [1.29, 1.82) is 0 Å². The zero-order valence-corrected chi connectivity index (χ0v) is 10.7. The lowest BCUT2D eigenvalue weighted by Crippen LogP contribution is -2.01. The van der Waals surface area contributed by atoms with E-state index in [1.807, 2.05) is 0 Å². The van der Waals surface area contributed by atoms with E-state index in [0.29, 0.717) is 15.8 Å². The number of carbonyl (C=O) groups is 2. The molecule has 0 aliphatic heterocycles. The normalized spacial score (nSPS) is 10.7. The fourth-order valence-corrected chi connectivity index (χ4v) is 2.24. The molecular formula is C11H9BrN2O4. The van der Waals surface area contributed by atoms with E-state index >= 15 is 0 Å². The van der Waals surface area contributed by atoms with Crippen LogP contribution in [0.3, 0.4) is 0 Å². The number of aromatic nitrogens is 2. The summed E-state index contributed by atoms with van der Waals surface area (Å²) in [5.74, 6) is -1.66. The van der Waals surface area contributed by atoms with Crippen LogP contribution in [0.25, 0.3) is 5.52 Å². The Kier molecular flexibility index (Phi) is 3.33. The number of nitrogens with zero attached hydrogens (tertiary/aromatic N) is 2. The van der Waals surface area contributed by atoms with Crippen molar-refractivity contribution in [2.75, 3.05) is 0 Å². The minimum Gasteiger partial charge on any atom is -0.481 e. The van der Waals surface area contributed by atoms with Crippen molar-refractivity contribution in [3.8, 4) is 0 Å². The minimum absolute atomic E-state index is 0.0807. The molecule has 0 unspecified atom stereocenters.